The van der Waals surface area contributed by atoms with Crippen molar-refractivity contribution in [3.8, 4) is 0 Å². The second-order valence-corrected chi connectivity index (χ2v) is 10.4. The monoisotopic (exact) mass is 511 g/mol. The van der Waals surface area contributed by atoms with Crippen LogP contribution in [0.25, 0.3) is 0 Å². The SMILES string of the molecule is CCCCCC/C=C/CCCCCCCC(=O)C1=[N+](CC(O)CS(=O)(=O)[O-])CCN1CCO.[Na+]. The maximum absolute atomic E-state index is 12.8. The van der Waals surface area contributed by atoms with E-state index in [1.807, 2.05) is 0 Å². The van der Waals surface area contributed by atoms with E-state index in [0.29, 0.717) is 31.9 Å². The van der Waals surface area contributed by atoms with E-state index >= 15 is 0 Å². The van der Waals surface area contributed by atoms with E-state index in [0.717, 1.165) is 38.5 Å². The Hall–Kier alpha value is -0.290. The Morgan fingerprint density at radius 1 is 1.09 bits per heavy atom. The number of amidine groups is 1. The zero-order valence-electron chi connectivity index (χ0n) is 21.3. The fourth-order valence-corrected chi connectivity index (χ4v) is 4.76. The molecule has 0 fully saturated rings. The quantitative estimate of drug-likeness (QED) is 0.0739. The first-order chi connectivity index (χ1) is 15.8. The Bertz CT molecular complexity index is 727. The van der Waals surface area contributed by atoms with Gasteiger partial charge in [-0.3, -0.25) is 14.3 Å². The minimum absolute atomic E-state index is 0. The molecule has 0 radical (unpaired) electrons. The summed E-state index contributed by atoms with van der Waals surface area (Å²) in [5, 5.41) is 19.2. The smallest absolute Gasteiger partial charge is 0.748 e. The van der Waals surface area contributed by atoms with Gasteiger partial charge < -0.3 is 14.8 Å². The van der Waals surface area contributed by atoms with Crippen molar-refractivity contribution in [3.05, 3.63) is 12.2 Å². The van der Waals surface area contributed by atoms with Crippen LogP contribution in [0.4, 0.5) is 0 Å². The Morgan fingerprint density at radius 2 is 1.68 bits per heavy atom. The zero-order chi connectivity index (χ0) is 24.5. The summed E-state index contributed by atoms with van der Waals surface area (Å²) in [5.74, 6) is -0.529. The molecule has 34 heavy (non-hydrogen) atoms. The summed E-state index contributed by atoms with van der Waals surface area (Å²) in [6.45, 7) is 3.31. The molecule has 0 bridgehead atoms. The summed E-state index contributed by atoms with van der Waals surface area (Å²) in [4.78, 5) is 14.6. The van der Waals surface area contributed by atoms with Gasteiger partial charge in [-0.25, -0.2) is 8.42 Å². The molecule has 2 N–H and O–H groups in total. The first-order valence-corrected chi connectivity index (χ1v) is 14.1. The normalized spacial score (nSPS) is 15.2. The fourth-order valence-electron chi connectivity index (χ4n) is 4.18. The molecular weight excluding hydrogens is 467 g/mol. The molecule has 8 nitrogen and oxygen atoms in total. The van der Waals surface area contributed by atoms with Gasteiger partial charge >= 0.3 is 35.4 Å². The van der Waals surface area contributed by atoms with Gasteiger partial charge in [0.05, 0.1) is 22.5 Å². The van der Waals surface area contributed by atoms with Gasteiger partial charge in [-0.2, -0.15) is 0 Å². The van der Waals surface area contributed by atoms with E-state index in [1.165, 1.54) is 32.1 Å². The Balaban J connectivity index is 0.0000109. The number of carbonyl (C=O) groups excluding carboxylic acids is 1. The second kappa shape index (κ2) is 19.8. The molecule has 1 heterocycles. The predicted molar refractivity (Wildman–Crippen MR) is 129 cm³/mol. The number of ketones is 1. The van der Waals surface area contributed by atoms with E-state index in [2.05, 4.69) is 19.1 Å². The zero-order valence-corrected chi connectivity index (χ0v) is 24.1. The van der Waals surface area contributed by atoms with Crippen molar-refractivity contribution in [2.75, 3.05) is 38.5 Å². The molecule has 192 valence electrons. The Morgan fingerprint density at radius 3 is 2.26 bits per heavy atom. The van der Waals surface area contributed by atoms with Crippen LogP contribution in [0.5, 0.6) is 0 Å². The van der Waals surface area contributed by atoms with Gasteiger partial charge in [0.15, 0.2) is 0 Å². The fraction of sp³-hybridized carbons (Fsp3) is 0.833. The van der Waals surface area contributed by atoms with Crippen LogP contribution in [0.1, 0.15) is 84.0 Å². The van der Waals surface area contributed by atoms with Gasteiger partial charge in [-0.15, -0.1) is 0 Å². The summed E-state index contributed by atoms with van der Waals surface area (Å²) in [6, 6.07) is 0. The van der Waals surface area contributed by atoms with Gasteiger partial charge in [-0.05, 0) is 32.1 Å². The maximum Gasteiger partial charge on any atom is 1.00 e. The van der Waals surface area contributed by atoms with Gasteiger partial charge in [0, 0.05) is 6.42 Å². The molecule has 0 aromatic heterocycles. The topological polar surface area (TPSA) is 121 Å². The maximum atomic E-state index is 12.8. The molecule has 0 aliphatic carbocycles. The van der Waals surface area contributed by atoms with Crippen LogP contribution in [0, 0.1) is 0 Å². The van der Waals surface area contributed by atoms with E-state index in [-0.39, 0.29) is 48.5 Å². The molecule has 0 saturated heterocycles. The van der Waals surface area contributed by atoms with Crippen LogP contribution in [0.15, 0.2) is 12.2 Å². The number of Topliss-reactive ketones (excluding diaryl/α,β-unsaturated/α-hetero) is 1. The number of β-amino-alcohol motifs (C(OH)–C–C–N with tert-alkyl or cyclic N) is 2. The van der Waals surface area contributed by atoms with Crippen molar-refractivity contribution in [2.45, 2.75) is 90.1 Å². The molecule has 1 aliphatic heterocycles. The van der Waals surface area contributed by atoms with Crippen LogP contribution >= 0.6 is 0 Å². The largest absolute Gasteiger partial charge is 1.00 e. The number of rotatable bonds is 20. The molecule has 1 aliphatic rings. The number of hydrogen-bond donors (Lipinski definition) is 2. The number of allylic oxidation sites excluding steroid dienone is 2. The van der Waals surface area contributed by atoms with Crippen molar-refractivity contribution >= 4 is 21.7 Å². The standard InChI is InChI=1S/C24H44N2O6S.Na/c1-2-3-4-5-6-7-8-9-10-11-12-13-14-15-23(29)24-25(18-19-27)16-17-26(24)20-22(28)21-33(30,31)32;/h7-8,22,27-28H,2-6,9-21H2,1H3;/q;+1/b8-7+;. The van der Waals surface area contributed by atoms with Gasteiger partial charge in [0.25, 0.3) is 0 Å². The summed E-state index contributed by atoms with van der Waals surface area (Å²) in [6.07, 6.45) is 16.2. The third-order valence-electron chi connectivity index (χ3n) is 5.85. The number of aliphatic hydroxyl groups is 2. The summed E-state index contributed by atoms with van der Waals surface area (Å²) in [5.41, 5.74) is 0. The Labute approximate surface area is 228 Å². The number of carbonyl (C=O) groups is 1. The van der Waals surface area contributed by atoms with E-state index < -0.39 is 22.0 Å². The molecule has 0 amide bonds. The van der Waals surface area contributed by atoms with Crippen molar-refractivity contribution in [2.24, 2.45) is 0 Å². The van der Waals surface area contributed by atoms with Crippen LogP contribution in [0.3, 0.4) is 0 Å². The summed E-state index contributed by atoms with van der Waals surface area (Å²) in [7, 11) is -4.54. The molecule has 10 heteroatoms. The summed E-state index contributed by atoms with van der Waals surface area (Å²) < 4.78 is 34.3. The van der Waals surface area contributed by atoms with E-state index in [1.54, 1.807) is 9.48 Å². The first-order valence-electron chi connectivity index (χ1n) is 12.6. The molecule has 0 saturated carbocycles. The molecule has 0 aromatic rings. The average Bonchev–Trinajstić information content (AvgIpc) is 3.12. The third kappa shape index (κ3) is 15.7. The number of unbranched alkanes of at least 4 members (excludes halogenated alkanes) is 9. The Kier molecular flexibility index (Phi) is 19.7. The van der Waals surface area contributed by atoms with Gasteiger partial charge in [-0.1, -0.05) is 57.6 Å². The molecule has 1 unspecified atom stereocenters. The molecule has 1 rings (SSSR count). The van der Waals surface area contributed by atoms with Crippen molar-refractivity contribution in [3.63, 3.8) is 0 Å². The first kappa shape index (κ1) is 33.7. The van der Waals surface area contributed by atoms with Crippen LogP contribution in [-0.4, -0.2) is 88.9 Å². The molecule has 0 aromatic carbocycles. The van der Waals surface area contributed by atoms with E-state index in [4.69, 9.17) is 0 Å². The third-order valence-corrected chi connectivity index (χ3v) is 6.64. The minimum Gasteiger partial charge on any atom is -0.748 e. The summed E-state index contributed by atoms with van der Waals surface area (Å²) >= 11 is 0. The predicted octanol–water partition coefficient (Wildman–Crippen LogP) is -0.558. The molecular formula is C24H44N2NaO6S+. The number of aliphatic hydroxyl groups excluding tert-OH is 2. The minimum atomic E-state index is -4.54. The van der Waals surface area contributed by atoms with Crippen molar-refractivity contribution in [1.29, 1.82) is 0 Å². The second-order valence-electron chi connectivity index (χ2n) is 8.91. The van der Waals surface area contributed by atoms with Gasteiger partial charge in [0.1, 0.15) is 32.3 Å². The average molecular weight is 512 g/mol. The van der Waals surface area contributed by atoms with Crippen molar-refractivity contribution in [1.82, 2.24) is 4.90 Å². The number of hydrogen-bond acceptors (Lipinski definition) is 7. The van der Waals surface area contributed by atoms with Crippen molar-refractivity contribution < 1.29 is 62.1 Å². The van der Waals surface area contributed by atoms with Crippen LogP contribution in [0.2, 0.25) is 0 Å². The van der Waals surface area contributed by atoms with E-state index in [9.17, 15) is 28.0 Å². The van der Waals surface area contributed by atoms with Crippen LogP contribution in [-0.2, 0) is 14.9 Å². The van der Waals surface area contributed by atoms with Crippen LogP contribution < -0.4 is 29.6 Å². The molecule has 0 spiro atoms. The molecule has 1 atom stereocenters. The number of nitrogens with zero attached hydrogens (tertiary/aromatic N) is 2. The van der Waals surface area contributed by atoms with Gasteiger partial charge in [0.2, 0.25) is 5.78 Å².